The Kier molecular flexibility index (Phi) is 10.9. The number of nitrogens with one attached hydrogen (secondary N) is 2. The number of nitrogens with two attached hydrogens (primary N) is 1. The summed E-state index contributed by atoms with van der Waals surface area (Å²) in [5, 5.41) is 4.78. The Balaban J connectivity index is 1.90. The molecule has 0 unspecified atom stereocenters. The van der Waals surface area contributed by atoms with Crippen molar-refractivity contribution in [1.29, 1.82) is 0 Å². The van der Waals surface area contributed by atoms with Gasteiger partial charge in [-0.2, -0.15) is 0 Å². The number of carbonyl (C=O) groups excluding carboxylic acids is 3. The van der Waals surface area contributed by atoms with Gasteiger partial charge in [0.2, 0.25) is 5.96 Å². The van der Waals surface area contributed by atoms with Crippen molar-refractivity contribution in [3.8, 4) is 0 Å². The fourth-order valence-electron chi connectivity index (χ4n) is 2.59. The first kappa shape index (κ1) is 25.3. The van der Waals surface area contributed by atoms with Crippen molar-refractivity contribution in [1.82, 2.24) is 10.6 Å². The molecule has 0 bridgehead atoms. The first-order valence-corrected chi connectivity index (χ1v) is 10.3. The van der Waals surface area contributed by atoms with Crippen molar-refractivity contribution >= 4 is 24.1 Å². The van der Waals surface area contributed by atoms with Crippen molar-refractivity contribution < 1.29 is 28.6 Å². The van der Waals surface area contributed by atoms with Crippen LogP contribution in [0.15, 0.2) is 65.7 Å². The molecule has 0 radical (unpaired) electrons. The van der Waals surface area contributed by atoms with E-state index in [9.17, 15) is 14.4 Å². The molecule has 2 amide bonds. The number of rotatable bonds is 9. The molecule has 33 heavy (non-hydrogen) atoms. The molecule has 0 heterocycles. The molecule has 1 atom stereocenters. The van der Waals surface area contributed by atoms with Gasteiger partial charge >= 0.3 is 18.2 Å². The molecule has 0 aliphatic heterocycles. The minimum atomic E-state index is -0.799. The normalized spacial score (nSPS) is 11.0. The van der Waals surface area contributed by atoms with Crippen LogP contribution in [0.2, 0.25) is 0 Å². The number of alkyl carbamates (subject to hydrolysis) is 2. The first-order chi connectivity index (χ1) is 16.0. The molecule has 2 aromatic rings. The summed E-state index contributed by atoms with van der Waals surface area (Å²) in [6, 6.07) is 17.5. The maximum absolute atomic E-state index is 12.2. The van der Waals surface area contributed by atoms with Crippen LogP contribution in [0.4, 0.5) is 9.59 Å². The molecule has 10 nitrogen and oxygen atoms in total. The summed E-state index contributed by atoms with van der Waals surface area (Å²) in [6.07, 6.45) is -0.860. The monoisotopic (exact) mass is 456 g/mol. The van der Waals surface area contributed by atoms with E-state index >= 15 is 0 Å². The van der Waals surface area contributed by atoms with Crippen molar-refractivity contribution in [2.24, 2.45) is 10.7 Å². The molecule has 0 aliphatic carbocycles. The summed E-state index contributed by atoms with van der Waals surface area (Å²) in [5.74, 6) is -0.665. The molecule has 10 heteroatoms. The summed E-state index contributed by atoms with van der Waals surface area (Å²) >= 11 is 0. The fourth-order valence-corrected chi connectivity index (χ4v) is 2.59. The van der Waals surface area contributed by atoms with Crippen LogP contribution in [-0.2, 0) is 32.2 Å². The van der Waals surface area contributed by atoms with E-state index in [2.05, 4.69) is 20.4 Å². The van der Waals surface area contributed by atoms with Crippen molar-refractivity contribution in [3.63, 3.8) is 0 Å². The summed E-state index contributed by atoms with van der Waals surface area (Å²) in [4.78, 5) is 39.9. The Morgan fingerprint density at radius 3 is 1.82 bits per heavy atom. The summed E-state index contributed by atoms with van der Waals surface area (Å²) in [6.45, 7) is 0.275. The Labute approximate surface area is 192 Å². The first-order valence-electron chi connectivity index (χ1n) is 10.3. The lowest BCUT2D eigenvalue weighted by atomic mass is 10.2. The average molecular weight is 456 g/mol. The number of carbonyl (C=O) groups is 3. The number of hydrogen-bond acceptors (Lipinski definition) is 8. The number of nitrogens with zero attached hydrogens (tertiary/aromatic N) is 1. The van der Waals surface area contributed by atoms with Crippen molar-refractivity contribution in [3.05, 3.63) is 71.8 Å². The number of ether oxygens (including phenoxy) is 3. The van der Waals surface area contributed by atoms with Gasteiger partial charge in [-0.3, -0.25) is 20.4 Å². The minimum absolute atomic E-state index is 0.0480. The lowest BCUT2D eigenvalue weighted by molar-refractivity contribution is -0.142. The Hall–Kier alpha value is -3.92. The van der Waals surface area contributed by atoms with E-state index in [1.54, 1.807) is 0 Å². The summed E-state index contributed by atoms with van der Waals surface area (Å²) < 4.78 is 14.9. The molecular weight excluding hydrogens is 428 g/mol. The second kappa shape index (κ2) is 14.2. The highest BCUT2D eigenvalue weighted by molar-refractivity contribution is 6.01. The van der Waals surface area contributed by atoms with E-state index in [1.165, 1.54) is 7.11 Å². The standard InChI is InChI=1S/C23H28N4O6/c1-31-20(28)19(24)13-8-14-25-21(26-22(29)32-15-17-9-4-2-5-10-17)27-23(30)33-16-18-11-6-3-7-12-18/h2-7,9-12,19H,8,13-16,24H2,1H3,(H2,25,26,27,29,30)/t19-/m0/s1. The van der Waals surface area contributed by atoms with Crippen LogP contribution in [0.3, 0.4) is 0 Å². The number of methoxy groups -OCH3 is 1. The number of guanidine groups is 1. The van der Waals surface area contributed by atoms with Crippen LogP contribution < -0.4 is 16.4 Å². The molecule has 4 N–H and O–H groups in total. The van der Waals surface area contributed by atoms with Crippen LogP contribution in [0, 0.1) is 0 Å². The molecule has 2 rings (SSSR count). The zero-order valence-corrected chi connectivity index (χ0v) is 18.4. The predicted octanol–water partition coefficient (Wildman–Crippen LogP) is 2.48. The van der Waals surface area contributed by atoms with Crippen LogP contribution in [0.25, 0.3) is 0 Å². The number of aliphatic imine (C=N–C) groups is 1. The van der Waals surface area contributed by atoms with Gasteiger partial charge in [0.1, 0.15) is 19.3 Å². The van der Waals surface area contributed by atoms with Gasteiger partial charge in [-0.1, -0.05) is 60.7 Å². The molecule has 0 spiro atoms. The van der Waals surface area contributed by atoms with E-state index in [0.29, 0.717) is 12.8 Å². The number of esters is 1. The van der Waals surface area contributed by atoms with Gasteiger partial charge in [-0.05, 0) is 24.0 Å². The quantitative estimate of drug-likeness (QED) is 0.173. The van der Waals surface area contributed by atoms with Gasteiger partial charge in [0.25, 0.3) is 0 Å². The van der Waals surface area contributed by atoms with E-state index in [4.69, 9.17) is 15.2 Å². The maximum atomic E-state index is 12.2. The van der Waals surface area contributed by atoms with E-state index in [-0.39, 0.29) is 25.7 Å². The Bertz CT molecular complexity index is 862. The van der Waals surface area contributed by atoms with Crippen LogP contribution in [-0.4, -0.2) is 43.8 Å². The van der Waals surface area contributed by atoms with Gasteiger partial charge in [-0.15, -0.1) is 0 Å². The highest BCUT2D eigenvalue weighted by Gasteiger charge is 2.14. The maximum Gasteiger partial charge on any atom is 0.414 e. The summed E-state index contributed by atoms with van der Waals surface area (Å²) in [5.41, 5.74) is 7.30. The third-order valence-electron chi connectivity index (χ3n) is 4.31. The smallest absolute Gasteiger partial charge is 0.414 e. The van der Waals surface area contributed by atoms with Crippen LogP contribution in [0.1, 0.15) is 24.0 Å². The molecular formula is C23H28N4O6. The lowest BCUT2D eigenvalue weighted by Crippen LogP contribution is -2.44. The summed E-state index contributed by atoms with van der Waals surface area (Å²) in [7, 11) is 1.26. The van der Waals surface area contributed by atoms with Crippen molar-refractivity contribution in [2.45, 2.75) is 32.1 Å². The van der Waals surface area contributed by atoms with E-state index < -0.39 is 24.2 Å². The van der Waals surface area contributed by atoms with Crippen LogP contribution >= 0.6 is 0 Å². The van der Waals surface area contributed by atoms with E-state index in [0.717, 1.165) is 11.1 Å². The largest absolute Gasteiger partial charge is 0.468 e. The number of amides is 2. The van der Waals surface area contributed by atoms with Crippen molar-refractivity contribution in [2.75, 3.05) is 13.7 Å². The molecule has 0 saturated carbocycles. The van der Waals surface area contributed by atoms with Gasteiger partial charge < -0.3 is 19.9 Å². The highest BCUT2D eigenvalue weighted by Crippen LogP contribution is 2.02. The van der Waals surface area contributed by atoms with Gasteiger partial charge in [-0.25, -0.2) is 9.59 Å². The SMILES string of the molecule is COC(=O)[C@@H](N)CCCN=C(NC(=O)OCc1ccccc1)NC(=O)OCc1ccccc1. The topological polar surface area (TPSA) is 141 Å². The average Bonchev–Trinajstić information content (AvgIpc) is 2.84. The van der Waals surface area contributed by atoms with Gasteiger partial charge in [0, 0.05) is 6.54 Å². The lowest BCUT2D eigenvalue weighted by Gasteiger charge is -2.12. The zero-order valence-electron chi connectivity index (χ0n) is 18.4. The zero-order chi connectivity index (χ0) is 23.9. The molecule has 0 saturated heterocycles. The van der Waals surface area contributed by atoms with Crippen LogP contribution in [0.5, 0.6) is 0 Å². The third-order valence-corrected chi connectivity index (χ3v) is 4.31. The number of hydrogen-bond donors (Lipinski definition) is 3. The Morgan fingerprint density at radius 1 is 0.879 bits per heavy atom. The highest BCUT2D eigenvalue weighted by atomic mass is 16.6. The second-order valence-corrected chi connectivity index (χ2v) is 6.88. The van der Waals surface area contributed by atoms with Gasteiger partial charge in [0.05, 0.1) is 7.11 Å². The third kappa shape index (κ3) is 10.3. The molecule has 176 valence electrons. The minimum Gasteiger partial charge on any atom is -0.468 e. The number of benzene rings is 2. The molecule has 0 aromatic heterocycles. The predicted molar refractivity (Wildman–Crippen MR) is 121 cm³/mol. The second-order valence-electron chi connectivity index (χ2n) is 6.88. The van der Waals surface area contributed by atoms with E-state index in [1.807, 2.05) is 60.7 Å². The molecule has 0 fully saturated rings. The fraction of sp³-hybridized carbons (Fsp3) is 0.304. The molecule has 0 aliphatic rings. The molecule has 2 aromatic carbocycles. The van der Waals surface area contributed by atoms with Gasteiger partial charge in [0.15, 0.2) is 0 Å². The Morgan fingerprint density at radius 2 is 1.36 bits per heavy atom.